The van der Waals surface area contributed by atoms with Gasteiger partial charge >= 0.3 is 0 Å². The zero-order valence-electron chi connectivity index (χ0n) is 10.9. The molecule has 0 aliphatic carbocycles. The Balaban J connectivity index is 2.02. The van der Waals surface area contributed by atoms with Gasteiger partial charge in [-0.2, -0.15) is 0 Å². The zero-order chi connectivity index (χ0) is 15.4. The van der Waals surface area contributed by atoms with Crippen LogP contribution in [0.15, 0.2) is 46.9 Å². The topological polar surface area (TPSA) is 55.1 Å². The van der Waals surface area contributed by atoms with E-state index in [2.05, 4.69) is 21.2 Å². The van der Waals surface area contributed by atoms with Gasteiger partial charge in [0.1, 0.15) is 4.99 Å². The standard InChI is InChI=1S/C15H12BrClN2OS/c16-12-8-11(17)5-6-13(12)19-14(20)7-9-1-3-10(4-2-9)15(18)21/h1-6,8H,7H2,(H2,18,21)(H,19,20). The molecule has 0 spiro atoms. The molecule has 2 aromatic carbocycles. The van der Waals surface area contributed by atoms with E-state index < -0.39 is 0 Å². The summed E-state index contributed by atoms with van der Waals surface area (Å²) in [6, 6.07) is 12.5. The highest BCUT2D eigenvalue weighted by Crippen LogP contribution is 2.26. The molecule has 0 unspecified atom stereocenters. The van der Waals surface area contributed by atoms with E-state index in [4.69, 9.17) is 29.6 Å². The highest BCUT2D eigenvalue weighted by Gasteiger charge is 2.07. The van der Waals surface area contributed by atoms with Crippen molar-refractivity contribution in [1.82, 2.24) is 0 Å². The van der Waals surface area contributed by atoms with Gasteiger partial charge in [-0.3, -0.25) is 4.79 Å². The van der Waals surface area contributed by atoms with Crippen LogP contribution in [0.2, 0.25) is 5.02 Å². The molecule has 108 valence electrons. The number of halogens is 2. The molecule has 0 heterocycles. The molecule has 0 aromatic heterocycles. The Hall–Kier alpha value is -1.43. The number of hydrogen-bond donors (Lipinski definition) is 2. The first-order valence-electron chi connectivity index (χ1n) is 6.09. The van der Waals surface area contributed by atoms with Gasteiger partial charge < -0.3 is 11.1 Å². The number of hydrogen-bond acceptors (Lipinski definition) is 2. The predicted octanol–water partition coefficient (Wildman–Crippen LogP) is 3.92. The van der Waals surface area contributed by atoms with E-state index in [1.165, 1.54) is 0 Å². The van der Waals surface area contributed by atoms with Crippen molar-refractivity contribution in [3.63, 3.8) is 0 Å². The van der Waals surface area contributed by atoms with Gasteiger partial charge in [0.15, 0.2) is 0 Å². The molecule has 0 aliphatic heterocycles. The van der Waals surface area contributed by atoms with Crippen LogP contribution >= 0.6 is 39.7 Å². The quantitative estimate of drug-likeness (QED) is 0.787. The Morgan fingerprint density at radius 3 is 2.48 bits per heavy atom. The Morgan fingerprint density at radius 2 is 1.90 bits per heavy atom. The number of carbonyl (C=O) groups excluding carboxylic acids is 1. The molecule has 0 fully saturated rings. The third kappa shape index (κ3) is 4.52. The highest BCUT2D eigenvalue weighted by atomic mass is 79.9. The lowest BCUT2D eigenvalue weighted by Gasteiger charge is -2.08. The second-order valence-corrected chi connectivity index (χ2v) is 6.14. The molecule has 21 heavy (non-hydrogen) atoms. The van der Waals surface area contributed by atoms with E-state index in [1.807, 2.05) is 24.3 Å². The van der Waals surface area contributed by atoms with Gasteiger partial charge in [-0.1, -0.05) is 48.1 Å². The predicted molar refractivity (Wildman–Crippen MR) is 93.8 cm³/mol. The summed E-state index contributed by atoms with van der Waals surface area (Å²) in [5.74, 6) is -0.110. The smallest absolute Gasteiger partial charge is 0.228 e. The Bertz CT molecular complexity index is 689. The summed E-state index contributed by atoms with van der Waals surface area (Å²) in [6.07, 6.45) is 0.271. The maximum atomic E-state index is 12.0. The second-order valence-electron chi connectivity index (χ2n) is 4.41. The molecule has 2 rings (SSSR count). The third-order valence-corrected chi connectivity index (χ3v) is 3.94. The Kier molecular flexibility index (Phi) is 5.33. The summed E-state index contributed by atoms with van der Waals surface area (Å²) in [5.41, 5.74) is 7.89. The minimum absolute atomic E-state index is 0.110. The van der Waals surface area contributed by atoms with Crippen LogP contribution < -0.4 is 11.1 Å². The highest BCUT2D eigenvalue weighted by molar-refractivity contribution is 9.10. The van der Waals surface area contributed by atoms with Crippen molar-refractivity contribution in [1.29, 1.82) is 0 Å². The van der Waals surface area contributed by atoms with Crippen LogP contribution in [-0.2, 0) is 11.2 Å². The molecule has 0 atom stereocenters. The second kappa shape index (κ2) is 7.02. The Labute approximate surface area is 141 Å². The SMILES string of the molecule is NC(=S)c1ccc(CC(=O)Nc2ccc(Cl)cc2Br)cc1. The van der Waals surface area contributed by atoms with Crippen LogP contribution in [0, 0.1) is 0 Å². The van der Waals surface area contributed by atoms with Crippen molar-refractivity contribution in [2.24, 2.45) is 5.73 Å². The lowest BCUT2D eigenvalue weighted by molar-refractivity contribution is -0.115. The molecule has 1 amide bonds. The van der Waals surface area contributed by atoms with E-state index in [0.717, 1.165) is 15.6 Å². The molecular weight excluding hydrogens is 372 g/mol. The molecular formula is C15H12BrClN2OS. The maximum absolute atomic E-state index is 12.0. The number of carbonyl (C=O) groups is 1. The lowest BCUT2D eigenvalue weighted by atomic mass is 10.1. The Morgan fingerprint density at radius 1 is 1.24 bits per heavy atom. The first-order chi connectivity index (χ1) is 9.95. The van der Waals surface area contributed by atoms with Crippen LogP contribution in [0.3, 0.4) is 0 Å². The van der Waals surface area contributed by atoms with Gasteiger partial charge in [0.25, 0.3) is 0 Å². The van der Waals surface area contributed by atoms with Gasteiger partial charge in [-0.15, -0.1) is 0 Å². The molecule has 0 bridgehead atoms. The number of anilines is 1. The van der Waals surface area contributed by atoms with Crippen LogP contribution in [0.5, 0.6) is 0 Å². The van der Waals surface area contributed by atoms with Crippen molar-refractivity contribution in [3.8, 4) is 0 Å². The number of benzene rings is 2. The van der Waals surface area contributed by atoms with E-state index in [0.29, 0.717) is 15.7 Å². The molecule has 0 radical (unpaired) electrons. The summed E-state index contributed by atoms with van der Waals surface area (Å²) in [7, 11) is 0. The molecule has 0 saturated carbocycles. The maximum Gasteiger partial charge on any atom is 0.228 e. The normalized spacial score (nSPS) is 10.2. The molecule has 6 heteroatoms. The van der Waals surface area contributed by atoms with Gasteiger partial charge in [-0.25, -0.2) is 0 Å². The average molecular weight is 384 g/mol. The van der Waals surface area contributed by atoms with Gasteiger partial charge in [0.05, 0.1) is 12.1 Å². The molecule has 2 aromatic rings. The first kappa shape index (κ1) is 15.9. The van der Waals surface area contributed by atoms with Crippen LogP contribution in [0.25, 0.3) is 0 Å². The summed E-state index contributed by atoms with van der Waals surface area (Å²) >= 11 is 14.1. The van der Waals surface area contributed by atoms with Gasteiger partial charge in [-0.05, 0) is 39.7 Å². The molecule has 0 aliphatic rings. The summed E-state index contributed by atoms with van der Waals surface area (Å²) in [4.78, 5) is 12.4. The monoisotopic (exact) mass is 382 g/mol. The number of amides is 1. The lowest BCUT2D eigenvalue weighted by Crippen LogP contribution is -2.15. The van der Waals surface area contributed by atoms with E-state index in [9.17, 15) is 4.79 Å². The van der Waals surface area contributed by atoms with Crippen LogP contribution in [0.4, 0.5) is 5.69 Å². The molecule has 0 saturated heterocycles. The third-order valence-electron chi connectivity index (χ3n) is 2.81. The number of rotatable bonds is 4. The minimum Gasteiger partial charge on any atom is -0.389 e. The largest absolute Gasteiger partial charge is 0.389 e. The minimum atomic E-state index is -0.110. The number of nitrogens with one attached hydrogen (secondary N) is 1. The first-order valence-corrected chi connectivity index (χ1v) is 7.67. The van der Waals surface area contributed by atoms with E-state index in [-0.39, 0.29) is 12.3 Å². The van der Waals surface area contributed by atoms with Crippen molar-refractivity contribution in [2.75, 3.05) is 5.32 Å². The average Bonchev–Trinajstić information content (AvgIpc) is 2.42. The van der Waals surface area contributed by atoms with Gasteiger partial charge in [0, 0.05) is 15.1 Å². The fourth-order valence-corrected chi connectivity index (χ4v) is 2.68. The summed E-state index contributed by atoms with van der Waals surface area (Å²) in [6.45, 7) is 0. The summed E-state index contributed by atoms with van der Waals surface area (Å²) < 4.78 is 0.743. The van der Waals surface area contributed by atoms with Crippen molar-refractivity contribution in [3.05, 3.63) is 63.1 Å². The van der Waals surface area contributed by atoms with Crippen LogP contribution in [0.1, 0.15) is 11.1 Å². The van der Waals surface area contributed by atoms with Crippen molar-refractivity contribution < 1.29 is 4.79 Å². The van der Waals surface area contributed by atoms with Crippen molar-refractivity contribution in [2.45, 2.75) is 6.42 Å². The van der Waals surface area contributed by atoms with Gasteiger partial charge in [0.2, 0.25) is 5.91 Å². The summed E-state index contributed by atoms with van der Waals surface area (Å²) in [5, 5.41) is 3.43. The van der Waals surface area contributed by atoms with Crippen molar-refractivity contribution >= 4 is 56.3 Å². The number of thiocarbonyl (C=S) groups is 1. The fraction of sp³-hybridized carbons (Fsp3) is 0.0667. The zero-order valence-corrected chi connectivity index (χ0v) is 14.1. The van der Waals surface area contributed by atoms with E-state index in [1.54, 1.807) is 18.2 Å². The fourth-order valence-electron chi connectivity index (χ4n) is 1.76. The van der Waals surface area contributed by atoms with Crippen LogP contribution in [-0.4, -0.2) is 10.9 Å². The number of nitrogens with two attached hydrogens (primary N) is 1. The molecule has 3 nitrogen and oxygen atoms in total. The molecule has 3 N–H and O–H groups in total. The van der Waals surface area contributed by atoms with E-state index >= 15 is 0 Å².